The summed E-state index contributed by atoms with van der Waals surface area (Å²) in [5.41, 5.74) is 1.86. The number of allylic oxidation sites excluding steroid dienone is 1. The van der Waals surface area contributed by atoms with E-state index in [4.69, 9.17) is 0 Å². The van der Waals surface area contributed by atoms with E-state index in [-0.39, 0.29) is 11.7 Å². The monoisotopic (exact) mass is 271 g/mol. The first-order chi connectivity index (χ1) is 9.47. The van der Waals surface area contributed by atoms with E-state index in [0.29, 0.717) is 0 Å². The molecule has 0 aliphatic carbocycles. The van der Waals surface area contributed by atoms with Crippen molar-refractivity contribution >= 4 is 17.6 Å². The van der Waals surface area contributed by atoms with Gasteiger partial charge in [0.1, 0.15) is 5.84 Å². The maximum atomic E-state index is 10.7. The van der Waals surface area contributed by atoms with Crippen LogP contribution in [0.15, 0.2) is 47.1 Å². The highest BCUT2D eigenvalue weighted by molar-refractivity contribution is 5.97. The van der Waals surface area contributed by atoms with E-state index in [1.165, 1.54) is 6.07 Å². The quantitative estimate of drug-likeness (QED) is 0.626. The minimum absolute atomic E-state index is 0.0931. The zero-order valence-corrected chi connectivity index (χ0v) is 11.8. The Bertz CT molecular complexity index is 617. The SMILES string of the molecule is CC1=CC(C)N(C)C(/C=C/c2cccc([N+](=O)[O-])c2)=N1. The predicted octanol–water partition coefficient (Wildman–Crippen LogP) is 3.24. The highest BCUT2D eigenvalue weighted by Crippen LogP contribution is 2.16. The van der Waals surface area contributed by atoms with Gasteiger partial charge < -0.3 is 4.90 Å². The van der Waals surface area contributed by atoms with Crippen molar-refractivity contribution in [2.24, 2.45) is 4.99 Å². The summed E-state index contributed by atoms with van der Waals surface area (Å²) in [6, 6.07) is 6.83. The second-order valence-corrected chi connectivity index (χ2v) is 4.81. The number of benzene rings is 1. The molecule has 1 unspecified atom stereocenters. The number of nitro groups is 1. The summed E-state index contributed by atoms with van der Waals surface area (Å²) in [4.78, 5) is 16.9. The Kier molecular flexibility index (Phi) is 3.98. The van der Waals surface area contributed by atoms with Gasteiger partial charge in [0.2, 0.25) is 0 Å². The number of nitrogens with zero attached hydrogens (tertiary/aromatic N) is 3. The van der Waals surface area contributed by atoms with Crippen LogP contribution in [0, 0.1) is 10.1 Å². The lowest BCUT2D eigenvalue weighted by Crippen LogP contribution is -2.35. The third kappa shape index (κ3) is 3.12. The first-order valence-corrected chi connectivity index (χ1v) is 6.40. The van der Waals surface area contributed by atoms with Crippen molar-refractivity contribution in [3.8, 4) is 0 Å². The minimum atomic E-state index is -0.392. The van der Waals surface area contributed by atoms with E-state index in [9.17, 15) is 10.1 Å². The predicted molar refractivity (Wildman–Crippen MR) is 80.5 cm³/mol. The number of hydrogen-bond acceptors (Lipinski definition) is 4. The van der Waals surface area contributed by atoms with Crippen LogP contribution in [0.3, 0.4) is 0 Å². The zero-order valence-electron chi connectivity index (χ0n) is 11.8. The summed E-state index contributed by atoms with van der Waals surface area (Å²) in [6.07, 6.45) is 5.81. The Balaban J connectivity index is 2.23. The molecule has 1 aromatic rings. The van der Waals surface area contributed by atoms with Crippen LogP contribution in [-0.2, 0) is 0 Å². The fourth-order valence-corrected chi connectivity index (χ4v) is 2.03. The van der Waals surface area contributed by atoms with Gasteiger partial charge in [0, 0.05) is 30.9 Å². The summed E-state index contributed by atoms with van der Waals surface area (Å²) in [5, 5.41) is 10.7. The van der Waals surface area contributed by atoms with Gasteiger partial charge in [-0.15, -0.1) is 0 Å². The molecular weight excluding hydrogens is 254 g/mol. The molecule has 0 N–H and O–H groups in total. The van der Waals surface area contributed by atoms with Crippen molar-refractivity contribution in [2.45, 2.75) is 19.9 Å². The average molecular weight is 271 g/mol. The first-order valence-electron chi connectivity index (χ1n) is 6.40. The molecule has 0 radical (unpaired) electrons. The first kappa shape index (κ1) is 14.0. The molecule has 1 heterocycles. The second-order valence-electron chi connectivity index (χ2n) is 4.81. The molecule has 104 valence electrons. The summed E-state index contributed by atoms with van der Waals surface area (Å²) in [7, 11) is 1.98. The number of likely N-dealkylation sites (N-methyl/N-ethyl adjacent to an activating group) is 1. The Hall–Kier alpha value is -2.43. The van der Waals surface area contributed by atoms with Crippen molar-refractivity contribution in [1.82, 2.24) is 4.90 Å². The summed E-state index contributed by atoms with van der Waals surface area (Å²) in [6.45, 7) is 4.06. The van der Waals surface area contributed by atoms with Gasteiger partial charge in [-0.1, -0.05) is 18.2 Å². The number of rotatable bonds is 3. The molecule has 0 aromatic heterocycles. The molecule has 2 rings (SSSR count). The highest BCUT2D eigenvalue weighted by Gasteiger charge is 2.14. The summed E-state index contributed by atoms with van der Waals surface area (Å²) >= 11 is 0. The van der Waals surface area contributed by atoms with Crippen LogP contribution < -0.4 is 0 Å². The molecule has 0 saturated carbocycles. The molecule has 0 saturated heterocycles. The van der Waals surface area contributed by atoms with E-state index in [0.717, 1.165) is 17.1 Å². The molecule has 0 spiro atoms. The number of aliphatic imine (C=N–C) groups is 1. The normalized spacial score (nSPS) is 18.9. The molecule has 0 fully saturated rings. The molecule has 0 bridgehead atoms. The minimum Gasteiger partial charge on any atom is -0.353 e. The molecule has 20 heavy (non-hydrogen) atoms. The number of hydrogen-bond donors (Lipinski definition) is 0. The van der Waals surface area contributed by atoms with E-state index in [1.54, 1.807) is 12.1 Å². The van der Waals surface area contributed by atoms with Crippen molar-refractivity contribution in [3.05, 3.63) is 57.8 Å². The Morgan fingerprint density at radius 3 is 2.85 bits per heavy atom. The lowest BCUT2D eigenvalue weighted by Gasteiger charge is -2.28. The molecule has 1 aromatic carbocycles. The van der Waals surface area contributed by atoms with Crippen LogP contribution >= 0.6 is 0 Å². The van der Waals surface area contributed by atoms with Crippen LogP contribution in [0.5, 0.6) is 0 Å². The van der Waals surface area contributed by atoms with Gasteiger partial charge >= 0.3 is 0 Å². The smallest absolute Gasteiger partial charge is 0.270 e. The van der Waals surface area contributed by atoms with E-state index < -0.39 is 4.92 Å². The summed E-state index contributed by atoms with van der Waals surface area (Å²) < 4.78 is 0. The van der Waals surface area contributed by atoms with E-state index >= 15 is 0 Å². The van der Waals surface area contributed by atoms with Crippen LogP contribution in [0.25, 0.3) is 6.08 Å². The Labute approximate surface area is 118 Å². The molecule has 1 atom stereocenters. The molecule has 0 amide bonds. The fourth-order valence-electron chi connectivity index (χ4n) is 2.03. The second kappa shape index (κ2) is 5.69. The van der Waals surface area contributed by atoms with Gasteiger partial charge in [0.15, 0.2) is 0 Å². The Morgan fingerprint density at radius 2 is 2.15 bits per heavy atom. The zero-order chi connectivity index (χ0) is 14.7. The fraction of sp³-hybridized carbons (Fsp3) is 0.267. The van der Waals surface area contributed by atoms with Gasteiger partial charge in [-0.3, -0.25) is 10.1 Å². The van der Waals surface area contributed by atoms with Gasteiger partial charge in [-0.05, 0) is 31.6 Å². The van der Waals surface area contributed by atoms with Crippen LogP contribution in [-0.4, -0.2) is 28.7 Å². The topological polar surface area (TPSA) is 58.7 Å². The van der Waals surface area contributed by atoms with Crippen LogP contribution in [0.1, 0.15) is 19.4 Å². The largest absolute Gasteiger partial charge is 0.353 e. The standard InChI is InChI=1S/C15H17N3O2/c1-11-9-12(2)17(3)15(16-11)8-7-13-5-4-6-14(10-13)18(19)20/h4-10,12H,1-3H3/b8-7+. The maximum absolute atomic E-state index is 10.7. The van der Waals surface area contributed by atoms with Gasteiger partial charge in [0.05, 0.1) is 4.92 Å². The summed E-state index contributed by atoms with van der Waals surface area (Å²) in [5.74, 6) is 0.851. The molecule has 1 aliphatic heterocycles. The van der Waals surface area contributed by atoms with Gasteiger partial charge in [0.25, 0.3) is 5.69 Å². The lowest BCUT2D eigenvalue weighted by atomic mass is 10.1. The van der Waals surface area contributed by atoms with E-state index in [2.05, 4.69) is 22.9 Å². The van der Waals surface area contributed by atoms with Crippen LogP contribution in [0.2, 0.25) is 0 Å². The number of amidine groups is 1. The molecule has 5 nitrogen and oxygen atoms in total. The van der Waals surface area contributed by atoms with Crippen molar-refractivity contribution in [3.63, 3.8) is 0 Å². The molecule has 1 aliphatic rings. The third-order valence-electron chi connectivity index (χ3n) is 3.25. The lowest BCUT2D eigenvalue weighted by molar-refractivity contribution is -0.384. The van der Waals surface area contributed by atoms with Crippen molar-refractivity contribution in [1.29, 1.82) is 0 Å². The third-order valence-corrected chi connectivity index (χ3v) is 3.25. The van der Waals surface area contributed by atoms with Gasteiger partial charge in [-0.2, -0.15) is 0 Å². The van der Waals surface area contributed by atoms with E-state index in [1.807, 2.05) is 32.2 Å². The molecular formula is C15H17N3O2. The Morgan fingerprint density at radius 1 is 1.40 bits per heavy atom. The molecule has 5 heteroatoms. The van der Waals surface area contributed by atoms with Crippen molar-refractivity contribution in [2.75, 3.05) is 7.05 Å². The highest BCUT2D eigenvalue weighted by atomic mass is 16.6. The number of non-ortho nitro benzene ring substituents is 1. The maximum Gasteiger partial charge on any atom is 0.270 e. The average Bonchev–Trinajstić information content (AvgIpc) is 2.41. The van der Waals surface area contributed by atoms with Crippen LogP contribution in [0.4, 0.5) is 5.69 Å². The number of nitro benzene ring substituents is 1. The van der Waals surface area contributed by atoms with Gasteiger partial charge in [-0.25, -0.2) is 4.99 Å². The van der Waals surface area contributed by atoms with Crippen molar-refractivity contribution < 1.29 is 4.92 Å².